The predicted octanol–water partition coefficient (Wildman–Crippen LogP) is 2.22. The highest BCUT2D eigenvalue weighted by atomic mass is 16.5. The summed E-state index contributed by atoms with van der Waals surface area (Å²) in [4.78, 5) is 2.33. The lowest BCUT2D eigenvalue weighted by Crippen LogP contribution is -2.42. The molecule has 0 amide bonds. The topological polar surface area (TPSA) is 55.1 Å². The maximum atomic E-state index is 9.07. The highest BCUT2D eigenvalue weighted by Gasteiger charge is 2.21. The summed E-state index contributed by atoms with van der Waals surface area (Å²) in [5.41, 5.74) is 1.22. The molecule has 1 aliphatic heterocycles. The number of aliphatic hydroxyl groups excluding tert-OH is 1. The summed E-state index contributed by atoms with van der Waals surface area (Å²) in [6, 6.07) is 11.9. The fourth-order valence-electron chi connectivity index (χ4n) is 2.92. The van der Waals surface area contributed by atoms with Gasteiger partial charge in [0, 0.05) is 19.5 Å². The van der Waals surface area contributed by atoms with Crippen molar-refractivity contribution in [2.75, 3.05) is 26.8 Å². The van der Waals surface area contributed by atoms with Crippen LogP contribution in [0.25, 0.3) is 0 Å². The molecule has 23 heavy (non-hydrogen) atoms. The Morgan fingerprint density at radius 1 is 1.26 bits per heavy atom. The normalized spacial score (nSPS) is 19.0. The van der Waals surface area contributed by atoms with Crippen molar-refractivity contribution in [3.8, 4) is 5.75 Å². The summed E-state index contributed by atoms with van der Waals surface area (Å²) in [6.45, 7) is 3.18. The van der Waals surface area contributed by atoms with Gasteiger partial charge >= 0.3 is 0 Å². The fourth-order valence-corrected chi connectivity index (χ4v) is 2.92. The molecule has 1 atom stereocenters. The lowest BCUT2D eigenvalue weighted by molar-refractivity contribution is -0.0324. The summed E-state index contributed by atoms with van der Waals surface area (Å²) in [7, 11) is 1.68. The number of morpholine rings is 1. The van der Waals surface area contributed by atoms with Crippen molar-refractivity contribution in [1.82, 2.24) is 4.90 Å². The van der Waals surface area contributed by atoms with Crippen molar-refractivity contribution in [3.05, 3.63) is 53.5 Å². The van der Waals surface area contributed by atoms with Gasteiger partial charge < -0.3 is 19.0 Å². The molecule has 0 spiro atoms. The van der Waals surface area contributed by atoms with Gasteiger partial charge in [-0.25, -0.2) is 0 Å². The maximum absolute atomic E-state index is 9.07. The molecule has 1 fully saturated rings. The van der Waals surface area contributed by atoms with Crippen LogP contribution < -0.4 is 4.74 Å². The van der Waals surface area contributed by atoms with Gasteiger partial charge in [-0.2, -0.15) is 0 Å². The van der Waals surface area contributed by atoms with Crippen molar-refractivity contribution in [2.45, 2.75) is 25.7 Å². The van der Waals surface area contributed by atoms with Gasteiger partial charge in [0.1, 0.15) is 23.9 Å². The first-order valence-corrected chi connectivity index (χ1v) is 7.92. The molecule has 0 bridgehead atoms. The van der Waals surface area contributed by atoms with Gasteiger partial charge in [-0.05, 0) is 29.8 Å². The molecule has 1 saturated heterocycles. The zero-order valence-electron chi connectivity index (χ0n) is 13.4. The first-order chi connectivity index (χ1) is 11.3. The zero-order valence-corrected chi connectivity index (χ0v) is 13.4. The van der Waals surface area contributed by atoms with Gasteiger partial charge in [-0.1, -0.05) is 12.1 Å². The van der Waals surface area contributed by atoms with E-state index in [-0.39, 0.29) is 12.7 Å². The molecule has 1 aromatic heterocycles. The molecule has 0 saturated carbocycles. The number of aliphatic hydroxyl groups is 1. The molecule has 0 radical (unpaired) electrons. The molecule has 1 aromatic carbocycles. The number of furan rings is 1. The molecule has 3 rings (SSSR count). The molecule has 2 aromatic rings. The van der Waals surface area contributed by atoms with Gasteiger partial charge in [-0.15, -0.1) is 0 Å². The van der Waals surface area contributed by atoms with Gasteiger partial charge in [-0.3, -0.25) is 4.90 Å². The van der Waals surface area contributed by atoms with Crippen LogP contribution in [0.3, 0.4) is 0 Å². The third kappa shape index (κ3) is 4.34. The average Bonchev–Trinajstić information content (AvgIpc) is 3.03. The summed E-state index contributed by atoms with van der Waals surface area (Å²) >= 11 is 0. The van der Waals surface area contributed by atoms with Gasteiger partial charge in [0.15, 0.2) is 0 Å². The first kappa shape index (κ1) is 16.1. The van der Waals surface area contributed by atoms with Crippen molar-refractivity contribution in [3.63, 3.8) is 0 Å². The molecule has 2 heterocycles. The summed E-state index contributed by atoms with van der Waals surface area (Å²) in [6.07, 6.45) is 1.04. The monoisotopic (exact) mass is 317 g/mol. The Morgan fingerprint density at radius 3 is 2.91 bits per heavy atom. The van der Waals surface area contributed by atoms with Gasteiger partial charge in [0.25, 0.3) is 0 Å². The molecule has 0 unspecified atom stereocenters. The van der Waals surface area contributed by atoms with E-state index >= 15 is 0 Å². The van der Waals surface area contributed by atoms with Crippen LogP contribution in [0.15, 0.2) is 40.8 Å². The van der Waals surface area contributed by atoms with Crippen LogP contribution in [0, 0.1) is 0 Å². The second-order valence-electron chi connectivity index (χ2n) is 5.81. The van der Waals surface area contributed by atoms with Crippen molar-refractivity contribution >= 4 is 0 Å². The van der Waals surface area contributed by atoms with Crippen LogP contribution in [-0.2, 0) is 24.3 Å². The van der Waals surface area contributed by atoms with Crippen LogP contribution >= 0.6 is 0 Å². The average molecular weight is 317 g/mol. The molecule has 5 heteroatoms. The smallest absolute Gasteiger partial charge is 0.129 e. The Kier molecular flexibility index (Phi) is 5.33. The minimum atomic E-state index is -0.0540. The first-order valence-electron chi connectivity index (χ1n) is 7.92. The van der Waals surface area contributed by atoms with Crippen LogP contribution in [0.1, 0.15) is 17.1 Å². The van der Waals surface area contributed by atoms with E-state index in [1.165, 1.54) is 5.56 Å². The Bertz CT molecular complexity index is 625. The lowest BCUT2D eigenvalue weighted by Gasteiger charge is -2.32. The van der Waals surface area contributed by atoms with E-state index in [0.29, 0.717) is 5.76 Å². The number of nitrogens with zero attached hydrogens (tertiary/aromatic N) is 1. The van der Waals surface area contributed by atoms with Crippen LogP contribution in [0.2, 0.25) is 0 Å². The molecule has 1 aliphatic rings. The van der Waals surface area contributed by atoms with E-state index in [4.69, 9.17) is 19.0 Å². The third-order valence-corrected chi connectivity index (χ3v) is 4.07. The molecular weight excluding hydrogens is 294 g/mol. The Hall–Kier alpha value is -1.82. The van der Waals surface area contributed by atoms with E-state index in [2.05, 4.69) is 17.0 Å². The summed E-state index contributed by atoms with van der Waals surface area (Å²) < 4.78 is 16.7. The fraction of sp³-hybridized carbons (Fsp3) is 0.444. The van der Waals surface area contributed by atoms with Crippen molar-refractivity contribution in [1.29, 1.82) is 0 Å². The number of hydrogen-bond donors (Lipinski definition) is 1. The maximum Gasteiger partial charge on any atom is 0.129 e. The van der Waals surface area contributed by atoms with E-state index in [0.717, 1.165) is 44.2 Å². The summed E-state index contributed by atoms with van der Waals surface area (Å²) in [5.74, 6) is 2.37. The largest absolute Gasteiger partial charge is 0.497 e. The second kappa shape index (κ2) is 7.64. The van der Waals surface area contributed by atoms with Gasteiger partial charge in [0.2, 0.25) is 0 Å². The van der Waals surface area contributed by atoms with Gasteiger partial charge in [0.05, 0.1) is 26.4 Å². The van der Waals surface area contributed by atoms with Crippen LogP contribution in [0.5, 0.6) is 5.75 Å². The van der Waals surface area contributed by atoms with E-state index in [1.54, 1.807) is 7.11 Å². The van der Waals surface area contributed by atoms with E-state index in [1.807, 2.05) is 24.3 Å². The molecule has 0 aliphatic carbocycles. The van der Waals surface area contributed by atoms with E-state index < -0.39 is 0 Å². The quantitative estimate of drug-likeness (QED) is 0.885. The number of methoxy groups -OCH3 is 1. The Morgan fingerprint density at radius 2 is 2.13 bits per heavy atom. The lowest BCUT2D eigenvalue weighted by atomic mass is 10.1. The summed E-state index contributed by atoms with van der Waals surface area (Å²) in [5, 5.41) is 9.07. The third-order valence-electron chi connectivity index (χ3n) is 4.07. The standard InChI is InChI=1S/C18H23NO4/c1-21-15-4-2-3-14(9-15)10-18-12-19(7-8-22-18)11-16-5-6-17(13-20)23-16/h2-6,9,18,20H,7-8,10-13H2,1H3/t18-/m1/s1. The highest BCUT2D eigenvalue weighted by molar-refractivity contribution is 5.28. The van der Waals surface area contributed by atoms with Crippen molar-refractivity contribution in [2.24, 2.45) is 0 Å². The number of rotatable bonds is 6. The zero-order chi connectivity index (χ0) is 16.1. The van der Waals surface area contributed by atoms with Crippen LogP contribution in [0.4, 0.5) is 0 Å². The Labute approximate surface area is 136 Å². The van der Waals surface area contributed by atoms with Crippen molar-refractivity contribution < 1.29 is 19.0 Å². The number of benzene rings is 1. The Balaban J connectivity index is 1.57. The molecule has 1 N–H and O–H groups in total. The number of hydrogen-bond acceptors (Lipinski definition) is 5. The number of ether oxygens (including phenoxy) is 2. The molecule has 5 nitrogen and oxygen atoms in total. The molecule has 124 valence electrons. The molecular formula is C18H23NO4. The second-order valence-corrected chi connectivity index (χ2v) is 5.81. The van der Waals surface area contributed by atoms with Crippen LogP contribution in [-0.4, -0.2) is 42.9 Å². The minimum absolute atomic E-state index is 0.0540. The highest BCUT2D eigenvalue weighted by Crippen LogP contribution is 2.18. The predicted molar refractivity (Wildman–Crippen MR) is 86.3 cm³/mol. The minimum Gasteiger partial charge on any atom is -0.497 e. The SMILES string of the molecule is COc1cccc(C[C@@H]2CN(Cc3ccc(CO)o3)CCO2)c1. The van der Waals surface area contributed by atoms with E-state index in [9.17, 15) is 0 Å².